The van der Waals surface area contributed by atoms with Crippen molar-refractivity contribution in [2.45, 2.75) is 33.1 Å². The second kappa shape index (κ2) is 6.69. The third-order valence-electron chi connectivity index (χ3n) is 3.57. The van der Waals surface area contributed by atoms with Crippen molar-refractivity contribution in [1.82, 2.24) is 0 Å². The van der Waals surface area contributed by atoms with E-state index >= 15 is 0 Å². The monoisotopic (exact) mass is 277 g/mol. The standard InChI is InChI=1S/C17H21F2N/c1-3-20(16-10-9-15(19)12-13(16)2)17(14-7-8-14)6-4-5-11-18/h4-5,9-10,12H,3,6-8,11H2,1-2H3/b5-4-. The normalized spacial score (nSPS) is 13.9. The van der Waals surface area contributed by atoms with E-state index in [2.05, 4.69) is 11.8 Å². The summed E-state index contributed by atoms with van der Waals surface area (Å²) in [7, 11) is 0. The van der Waals surface area contributed by atoms with E-state index in [9.17, 15) is 8.78 Å². The fourth-order valence-corrected chi connectivity index (χ4v) is 2.48. The second-order valence-corrected chi connectivity index (χ2v) is 5.06. The lowest BCUT2D eigenvalue weighted by Gasteiger charge is -2.27. The Labute approximate surface area is 119 Å². The fourth-order valence-electron chi connectivity index (χ4n) is 2.48. The predicted molar refractivity (Wildman–Crippen MR) is 80.1 cm³/mol. The molecule has 1 aliphatic rings. The van der Waals surface area contributed by atoms with Crippen molar-refractivity contribution in [1.29, 1.82) is 0 Å². The van der Waals surface area contributed by atoms with Crippen LogP contribution in [0.5, 0.6) is 0 Å². The van der Waals surface area contributed by atoms with Crippen LogP contribution in [0.3, 0.4) is 0 Å². The Bertz CT molecular complexity index is 526. The number of anilines is 1. The molecule has 1 aliphatic carbocycles. The molecular weight excluding hydrogens is 256 g/mol. The van der Waals surface area contributed by atoms with Gasteiger partial charge < -0.3 is 4.90 Å². The summed E-state index contributed by atoms with van der Waals surface area (Å²) in [5.41, 5.74) is 4.64. The number of rotatable bonds is 6. The molecule has 1 aromatic rings. The topological polar surface area (TPSA) is 3.24 Å². The molecule has 3 heteroatoms. The SMILES string of the molecule is CCN(C(C/C=C\CF)=C1CC1)c1ccc(F)cc1C. The number of halogens is 2. The van der Waals surface area contributed by atoms with Gasteiger partial charge in [0.2, 0.25) is 0 Å². The van der Waals surface area contributed by atoms with Crippen LogP contribution in [-0.2, 0) is 0 Å². The van der Waals surface area contributed by atoms with Crippen LogP contribution in [0.15, 0.2) is 41.6 Å². The van der Waals surface area contributed by atoms with E-state index in [-0.39, 0.29) is 5.82 Å². The molecule has 0 bridgehead atoms. The van der Waals surface area contributed by atoms with E-state index in [4.69, 9.17) is 0 Å². The number of nitrogens with zero attached hydrogens (tertiary/aromatic N) is 1. The Morgan fingerprint density at radius 2 is 2.05 bits per heavy atom. The lowest BCUT2D eigenvalue weighted by atomic mass is 10.1. The van der Waals surface area contributed by atoms with Gasteiger partial charge in [0.25, 0.3) is 0 Å². The zero-order chi connectivity index (χ0) is 14.5. The van der Waals surface area contributed by atoms with Crippen LogP contribution in [-0.4, -0.2) is 13.2 Å². The molecule has 1 saturated carbocycles. The summed E-state index contributed by atoms with van der Waals surface area (Å²) in [6.07, 6.45) is 6.41. The minimum absolute atomic E-state index is 0.208. The van der Waals surface area contributed by atoms with Gasteiger partial charge in [0.05, 0.1) is 0 Å². The van der Waals surface area contributed by atoms with Gasteiger partial charge in [-0.25, -0.2) is 8.78 Å². The number of hydrogen-bond donors (Lipinski definition) is 0. The number of hydrogen-bond acceptors (Lipinski definition) is 1. The molecule has 2 rings (SSSR count). The van der Waals surface area contributed by atoms with Gasteiger partial charge in [-0.3, -0.25) is 0 Å². The number of alkyl halides is 1. The second-order valence-electron chi connectivity index (χ2n) is 5.06. The van der Waals surface area contributed by atoms with Gasteiger partial charge in [-0.1, -0.05) is 12.2 Å². The van der Waals surface area contributed by atoms with Crippen LogP contribution in [0.2, 0.25) is 0 Å². The summed E-state index contributed by atoms with van der Waals surface area (Å²) in [4.78, 5) is 2.22. The molecule has 1 nitrogen and oxygen atoms in total. The van der Waals surface area contributed by atoms with Gasteiger partial charge in [-0.15, -0.1) is 0 Å². The van der Waals surface area contributed by atoms with Crippen LogP contribution in [0, 0.1) is 12.7 Å². The van der Waals surface area contributed by atoms with Crippen molar-refractivity contribution >= 4 is 5.69 Å². The molecule has 0 aliphatic heterocycles. The molecule has 0 radical (unpaired) electrons. The molecular formula is C17H21F2N. The van der Waals surface area contributed by atoms with Gasteiger partial charge in [0.1, 0.15) is 12.5 Å². The zero-order valence-electron chi connectivity index (χ0n) is 12.1. The Morgan fingerprint density at radius 1 is 1.30 bits per heavy atom. The highest BCUT2D eigenvalue weighted by atomic mass is 19.1. The summed E-state index contributed by atoms with van der Waals surface area (Å²) in [6, 6.07) is 4.89. The van der Waals surface area contributed by atoms with Crippen LogP contribution in [0.4, 0.5) is 14.5 Å². The molecule has 0 N–H and O–H groups in total. The molecule has 1 aromatic carbocycles. The first-order valence-corrected chi connectivity index (χ1v) is 7.13. The van der Waals surface area contributed by atoms with Crippen LogP contribution < -0.4 is 4.90 Å². The maximum absolute atomic E-state index is 13.3. The first-order chi connectivity index (χ1) is 9.67. The average Bonchev–Trinajstić information content (AvgIpc) is 3.24. The van der Waals surface area contributed by atoms with Crippen molar-refractivity contribution in [3.63, 3.8) is 0 Å². The Morgan fingerprint density at radius 3 is 2.60 bits per heavy atom. The van der Waals surface area contributed by atoms with Gasteiger partial charge in [-0.2, -0.15) is 0 Å². The summed E-state index contributed by atoms with van der Waals surface area (Å²) in [5.74, 6) is -0.208. The van der Waals surface area contributed by atoms with E-state index < -0.39 is 6.67 Å². The summed E-state index contributed by atoms with van der Waals surface area (Å²) >= 11 is 0. The van der Waals surface area contributed by atoms with E-state index in [1.165, 1.54) is 17.3 Å². The molecule has 0 aromatic heterocycles. The molecule has 0 spiro atoms. The molecule has 20 heavy (non-hydrogen) atoms. The highest BCUT2D eigenvalue weighted by Crippen LogP contribution is 2.37. The first kappa shape index (κ1) is 14.8. The number of allylic oxidation sites excluding steroid dienone is 3. The smallest absolute Gasteiger partial charge is 0.123 e. The van der Waals surface area contributed by atoms with Crippen molar-refractivity contribution in [3.8, 4) is 0 Å². The van der Waals surface area contributed by atoms with E-state index in [1.807, 2.05) is 19.1 Å². The minimum atomic E-state index is -0.426. The largest absolute Gasteiger partial charge is 0.345 e. The number of aryl methyl sites for hydroxylation is 1. The third-order valence-corrected chi connectivity index (χ3v) is 3.57. The highest BCUT2D eigenvalue weighted by molar-refractivity contribution is 5.59. The van der Waals surface area contributed by atoms with Crippen LogP contribution in [0.25, 0.3) is 0 Å². The molecule has 0 saturated heterocycles. The average molecular weight is 277 g/mol. The van der Waals surface area contributed by atoms with Gasteiger partial charge in [-0.05, 0) is 56.0 Å². The molecule has 0 unspecified atom stereocenters. The minimum Gasteiger partial charge on any atom is -0.345 e. The lowest BCUT2D eigenvalue weighted by Crippen LogP contribution is -2.23. The van der Waals surface area contributed by atoms with Crippen molar-refractivity contribution < 1.29 is 8.78 Å². The highest BCUT2D eigenvalue weighted by Gasteiger charge is 2.22. The number of benzene rings is 1. The maximum Gasteiger partial charge on any atom is 0.123 e. The predicted octanol–water partition coefficient (Wildman–Crippen LogP) is 4.92. The maximum atomic E-state index is 13.3. The lowest BCUT2D eigenvalue weighted by molar-refractivity contribution is 0.561. The fraction of sp³-hybridized carbons (Fsp3) is 0.412. The summed E-state index contributed by atoms with van der Waals surface area (Å²) < 4.78 is 25.5. The molecule has 1 fully saturated rings. The Balaban J connectivity index is 2.29. The molecule has 0 heterocycles. The molecule has 0 amide bonds. The van der Waals surface area contributed by atoms with Gasteiger partial charge in [0.15, 0.2) is 0 Å². The van der Waals surface area contributed by atoms with E-state index in [0.29, 0.717) is 0 Å². The zero-order valence-corrected chi connectivity index (χ0v) is 12.1. The van der Waals surface area contributed by atoms with Gasteiger partial charge in [0, 0.05) is 24.4 Å². The molecule has 108 valence electrons. The van der Waals surface area contributed by atoms with Crippen molar-refractivity contribution in [3.05, 3.63) is 53.0 Å². The van der Waals surface area contributed by atoms with E-state index in [0.717, 1.165) is 37.1 Å². The summed E-state index contributed by atoms with van der Waals surface area (Å²) in [6.45, 7) is 4.41. The quantitative estimate of drug-likeness (QED) is 0.667. The van der Waals surface area contributed by atoms with Gasteiger partial charge >= 0.3 is 0 Å². The van der Waals surface area contributed by atoms with Crippen molar-refractivity contribution in [2.75, 3.05) is 18.1 Å². The Hall–Kier alpha value is -1.64. The summed E-state index contributed by atoms with van der Waals surface area (Å²) in [5, 5.41) is 0. The Kier molecular flexibility index (Phi) is 4.94. The third kappa shape index (κ3) is 3.47. The van der Waals surface area contributed by atoms with E-state index in [1.54, 1.807) is 12.1 Å². The van der Waals surface area contributed by atoms with Crippen molar-refractivity contribution in [2.24, 2.45) is 0 Å². The molecule has 0 atom stereocenters. The first-order valence-electron chi connectivity index (χ1n) is 7.13. The van der Waals surface area contributed by atoms with Crippen LogP contribution >= 0.6 is 0 Å². The van der Waals surface area contributed by atoms with Crippen LogP contribution in [0.1, 0.15) is 31.7 Å².